The van der Waals surface area contributed by atoms with E-state index in [1.54, 1.807) is 0 Å². The highest BCUT2D eigenvalue weighted by Gasteiger charge is 2.18. The van der Waals surface area contributed by atoms with Crippen molar-refractivity contribution in [2.75, 3.05) is 46.2 Å². The van der Waals surface area contributed by atoms with Crippen LogP contribution in [0, 0.1) is 5.92 Å². The number of nitrogens with one attached hydrogen (secondary N) is 1. The number of hydrogen-bond acceptors (Lipinski definition) is 3. The number of thioether (sulfide) groups is 1. The zero-order valence-electron chi connectivity index (χ0n) is 13.3. The number of halogens is 1. The Morgan fingerprint density at radius 3 is 2.82 bits per heavy atom. The predicted molar refractivity (Wildman–Crippen MR) is 105 cm³/mol. The molecule has 4 nitrogen and oxygen atoms in total. The Bertz CT molecular complexity index is 438. The molecule has 2 rings (SSSR count). The third-order valence-electron chi connectivity index (χ3n) is 3.53. The molecule has 124 valence electrons. The van der Waals surface area contributed by atoms with Gasteiger partial charge in [-0.3, -0.25) is 4.99 Å². The number of guanidine groups is 1. The van der Waals surface area contributed by atoms with Crippen molar-refractivity contribution in [3.63, 3.8) is 0 Å². The summed E-state index contributed by atoms with van der Waals surface area (Å²) < 4.78 is 5.43. The van der Waals surface area contributed by atoms with E-state index in [2.05, 4.69) is 46.5 Å². The molecule has 0 aromatic heterocycles. The molecule has 22 heavy (non-hydrogen) atoms. The van der Waals surface area contributed by atoms with Crippen LogP contribution in [0.1, 0.15) is 6.42 Å². The molecule has 1 atom stereocenters. The summed E-state index contributed by atoms with van der Waals surface area (Å²) in [7, 11) is 3.94. The van der Waals surface area contributed by atoms with Crippen molar-refractivity contribution in [2.45, 2.75) is 11.3 Å². The van der Waals surface area contributed by atoms with E-state index in [1.807, 2.05) is 24.9 Å². The van der Waals surface area contributed by atoms with E-state index >= 15 is 0 Å². The predicted octanol–water partition coefficient (Wildman–Crippen LogP) is 2.94. The van der Waals surface area contributed by atoms with Crippen LogP contribution in [0.25, 0.3) is 0 Å². The first-order chi connectivity index (χ1) is 10.3. The zero-order chi connectivity index (χ0) is 14.9. The van der Waals surface area contributed by atoms with Crippen LogP contribution >= 0.6 is 35.7 Å². The summed E-state index contributed by atoms with van der Waals surface area (Å²) in [6.07, 6.45) is 1.16. The standard InChI is InChI=1S/C16H25N3OS.HI/c1-17-16(19(2)12-14-8-10-20-13-14)18-9-11-21-15-6-4-3-5-7-15;/h3-7,14H,8-13H2,1-2H3,(H,17,18);1H. The van der Waals surface area contributed by atoms with Crippen LogP contribution in [0.3, 0.4) is 0 Å². The van der Waals surface area contributed by atoms with Gasteiger partial charge in [-0.15, -0.1) is 35.7 Å². The lowest BCUT2D eigenvalue weighted by atomic mass is 10.1. The average molecular weight is 435 g/mol. The maximum absolute atomic E-state index is 5.43. The third kappa shape index (κ3) is 6.75. The molecule has 0 saturated carbocycles. The molecule has 0 spiro atoms. The van der Waals surface area contributed by atoms with E-state index in [9.17, 15) is 0 Å². The lowest BCUT2D eigenvalue weighted by Crippen LogP contribution is -2.42. The molecule has 1 aromatic carbocycles. The van der Waals surface area contributed by atoms with Crippen molar-refractivity contribution in [3.8, 4) is 0 Å². The molecule has 1 aliphatic heterocycles. The van der Waals surface area contributed by atoms with Gasteiger partial charge >= 0.3 is 0 Å². The average Bonchev–Trinajstić information content (AvgIpc) is 3.01. The first kappa shape index (κ1) is 19.6. The summed E-state index contributed by atoms with van der Waals surface area (Å²) in [5.74, 6) is 2.63. The molecule has 1 heterocycles. The maximum atomic E-state index is 5.43. The molecule has 0 radical (unpaired) electrons. The first-order valence-electron chi connectivity index (χ1n) is 7.47. The van der Waals surface area contributed by atoms with Crippen LogP contribution in [0.2, 0.25) is 0 Å². The molecule has 0 amide bonds. The molecule has 1 aliphatic rings. The van der Waals surface area contributed by atoms with Gasteiger partial charge in [0.05, 0.1) is 6.61 Å². The second kappa shape index (κ2) is 11.1. The van der Waals surface area contributed by atoms with Gasteiger partial charge in [0.25, 0.3) is 0 Å². The highest BCUT2D eigenvalue weighted by Crippen LogP contribution is 2.16. The summed E-state index contributed by atoms with van der Waals surface area (Å²) in [4.78, 5) is 7.87. The number of rotatable bonds is 6. The molecule has 1 fully saturated rings. The van der Waals surface area contributed by atoms with Crippen LogP contribution in [0.15, 0.2) is 40.2 Å². The molecule has 1 unspecified atom stereocenters. The quantitative estimate of drug-likeness (QED) is 0.245. The van der Waals surface area contributed by atoms with Gasteiger partial charge in [-0.25, -0.2) is 0 Å². The number of nitrogens with zero attached hydrogens (tertiary/aromatic N) is 2. The van der Waals surface area contributed by atoms with Gasteiger partial charge in [0, 0.05) is 50.4 Å². The van der Waals surface area contributed by atoms with Gasteiger partial charge in [-0.05, 0) is 18.6 Å². The van der Waals surface area contributed by atoms with Crippen molar-refractivity contribution in [1.29, 1.82) is 0 Å². The van der Waals surface area contributed by atoms with Crippen molar-refractivity contribution in [3.05, 3.63) is 30.3 Å². The fourth-order valence-electron chi connectivity index (χ4n) is 2.43. The summed E-state index contributed by atoms with van der Waals surface area (Å²) in [6, 6.07) is 10.5. The first-order valence-corrected chi connectivity index (χ1v) is 8.45. The van der Waals surface area contributed by atoms with E-state index in [0.29, 0.717) is 5.92 Å². The van der Waals surface area contributed by atoms with Crippen LogP contribution in [-0.2, 0) is 4.74 Å². The van der Waals surface area contributed by atoms with Crippen LogP contribution in [0.4, 0.5) is 0 Å². The second-order valence-corrected chi connectivity index (χ2v) is 6.41. The van der Waals surface area contributed by atoms with Crippen molar-refractivity contribution < 1.29 is 4.74 Å². The Labute approximate surface area is 155 Å². The Balaban J connectivity index is 0.00000242. The Morgan fingerprint density at radius 1 is 1.41 bits per heavy atom. The van der Waals surface area contributed by atoms with Gasteiger partial charge in [-0.2, -0.15) is 0 Å². The van der Waals surface area contributed by atoms with Gasteiger partial charge < -0.3 is 15.0 Å². The largest absolute Gasteiger partial charge is 0.381 e. The van der Waals surface area contributed by atoms with Gasteiger partial charge in [-0.1, -0.05) is 18.2 Å². The Morgan fingerprint density at radius 2 is 2.18 bits per heavy atom. The van der Waals surface area contributed by atoms with Crippen molar-refractivity contribution in [1.82, 2.24) is 10.2 Å². The molecule has 0 aliphatic carbocycles. The summed E-state index contributed by atoms with van der Waals surface area (Å²) in [5, 5.41) is 3.43. The maximum Gasteiger partial charge on any atom is 0.193 e. The summed E-state index contributed by atoms with van der Waals surface area (Å²) in [5.41, 5.74) is 0. The number of ether oxygens (including phenoxy) is 1. The van der Waals surface area contributed by atoms with Crippen LogP contribution < -0.4 is 5.32 Å². The smallest absolute Gasteiger partial charge is 0.193 e. The minimum Gasteiger partial charge on any atom is -0.381 e. The zero-order valence-corrected chi connectivity index (χ0v) is 16.5. The monoisotopic (exact) mass is 435 g/mol. The fourth-order valence-corrected chi connectivity index (χ4v) is 3.22. The number of benzene rings is 1. The van der Waals surface area contributed by atoms with E-state index < -0.39 is 0 Å². The summed E-state index contributed by atoms with van der Waals surface area (Å²) >= 11 is 1.86. The van der Waals surface area contributed by atoms with E-state index in [0.717, 1.165) is 44.4 Å². The lowest BCUT2D eigenvalue weighted by Gasteiger charge is -2.24. The van der Waals surface area contributed by atoms with E-state index in [4.69, 9.17) is 4.74 Å². The third-order valence-corrected chi connectivity index (χ3v) is 4.54. The van der Waals surface area contributed by atoms with Gasteiger partial charge in [0.15, 0.2) is 5.96 Å². The normalized spacial score (nSPS) is 17.9. The highest BCUT2D eigenvalue weighted by atomic mass is 127. The fraction of sp³-hybridized carbons (Fsp3) is 0.562. The molecular formula is C16H26IN3OS. The molecule has 0 bridgehead atoms. The lowest BCUT2D eigenvalue weighted by molar-refractivity contribution is 0.181. The topological polar surface area (TPSA) is 36.9 Å². The number of hydrogen-bond donors (Lipinski definition) is 1. The highest BCUT2D eigenvalue weighted by molar-refractivity contribution is 14.0. The Hall–Kier alpha value is -0.470. The van der Waals surface area contributed by atoms with Gasteiger partial charge in [0.1, 0.15) is 0 Å². The molecule has 1 saturated heterocycles. The number of aliphatic imine (C=N–C) groups is 1. The molecule has 1 N–H and O–H groups in total. The van der Waals surface area contributed by atoms with E-state index in [-0.39, 0.29) is 24.0 Å². The Kier molecular flexibility index (Phi) is 9.90. The molecular weight excluding hydrogens is 409 g/mol. The van der Waals surface area contributed by atoms with Crippen LogP contribution in [0.5, 0.6) is 0 Å². The molecule has 6 heteroatoms. The second-order valence-electron chi connectivity index (χ2n) is 5.25. The summed E-state index contributed by atoms with van der Waals surface area (Å²) in [6.45, 7) is 3.70. The molecule has 1 aromatic rings. The van der Waals surface area contributed by atoms with Gasteiger partial charge in [0.2, 0.25) is 0 Å². The van der Waals surface area contributed by atoms with Crippen LogP contribution in [-0.4, -0.2) is 57.0 Å². The van der Waals surface area contributed by atoms with Crippen molar-refractivity contribution in [2.24, 2.45) is 10.9 Å². The minimum absolute atomic E-state index is 0. The minimum atomic E-state index is 0. The SMILES string of the molecule is CN=C(NCCSc1ccccc1)N(C)CC1CCOC1.I. The van der Waals surface area contributed by atoms with Crippen molar-refractivity contribution >= 4 is 41.7 Å². The van der Waals surface area contributed by atoms with E-state index in [1.165, 1.54) is 4.90 Å².